The lowest BCUT2D eigenvalue weighted by Crippen LogP contribution is -2.22. The minimum Gasteiger partial charge on any atom is -0.449 e. The Morgan fingerprint density at radius 1 is 1.78 bits per heavy atom. The van der Waals surface area contributed by atoms with Crippen molar-refractivity contribution in [2.24, 2.45) is 0 Å². The molecule has 0 unspecified atom stereocenters. The van der Waals surface area contributed by atoms with E-state index in [9.17, 15) is 9.59 Å². The van der Waals surface area contributed by atoms with Crippen molar-refractivity contribution in [3.8, 4) is 0 Å². The van der Waals surface area contributed by atoms with Gasteiger partial charge in [-0.1, -0.05) is 6.92 Å². The highest BCUT2D eigenvalue weighted by molar-refractivity contribution is 5.79. The molecule has 0 aromatic carbocycles. The van der Waals surface area contributed by atoms with Gasteiger partial charge in [-0.05, 0) is 6.42 Å². The van der Waals surface area contributed by atoms with E-state index in [-0.39, 0.29) is 0 Å². The van der Waals surface area contributed by atoms with Crippen LogP contribution in [-0.2, 0) is 9.53 Å². The second-order valence-corrected chi connectivity index (χ2v) is 1.36. The number of alkyl carbamates (subject to hydrolysis) is 1. The number of amides is 2. The van der Waals surface area contributed by atoms with E-state index in [0.29, 0.717) is 6.61 Å². The van der Waals surface area contributed by atoms with Crippen molar-refractivity contribution < 1.29 is 14.3 Å². The van der Waals surface area contributed by atoms with Gasteiger partial charge in [0, 0.05) is 0 Å². The van der Waals surface area contributed by atoms with Crippen LogP contribution in [0.3, 0.4) is 0 Å². The van der Waals surface area contributed by atoms with Crippen LogP contribution in [0.1, 0.15) is 13.3 Å². The number of ether oxygens (including phenoxy) is 1. The van der Waals surface area contributed by atoms with Crippen molar-refractivity contribution >= 4 is 12.5 Å². The molecule has 0 heterocycles. The van der Waals surface area contributed by atoms with Crippen molar-refractivity contribution in [1.29, 1.82) is 0 Å². The zero-order chi connectivity index (χ0) is 7.11. The fourth-order valence-corrected chi connectivity index (χ4v) is 0.273. The smallest absolute Gasteiger partial charge is 0.414 e. The van der Waals surface area contributed by atoms with E-state index in [0.717, 1.165) is 6.42 Å². The van der Waals surface area contributed by atoms with Crippen LogP contribution < -0.4 is 5.32 Å². The molecule has 1 N–H and O–H groups in total. The molecule has 0 aromatic heterocycles. The molecule has 4 nitrogen and oxygen atoms in total. The number of hydrogen-bond donors (Lipinski definition) is 1. The lowest BCUT2D eigenvalue weighted by Gasteiger charge is -1.97. The molecule has 4 heteroatoms. The fourth-order valence-electron chi connectivity index (χ4n) is 0.273. The summed E-state index contributed by atoms with van der Waals surface area (Å²) < 4.78 is 4.42. The Morgan fingerprint density at radius 2 is 2.44 bits per heavy atom. The molecule has 1 radical (unpaired) electrons. The maximum atomic E-state index is 10.2. The molecule has 0 aliphatic rings. The predicted molar refractivity (Wildman–Crippen MR) is 30.5 cm³/mol. The topological polar surface area (TPSA) is 55.4 Å². The van der Waals surface area contributed by atoms with Gasteiger partial charge in [-0.3, -0.25) is 10.1 Å². The molecule has 0 fully saturated rings. The second kappa shape index (κ2) is 5.08. The van der Waals surface area contributed by atoms with Crippen molar-refractivity contribution in [3.05, 3.63) is 0 Å². The first kappa shape index (κ1) is 7.94. The first-order valence-corrected chi connectivity index (χ1v) is 2.61. The van der Waals surface area contributed by atoms with E-state index in [1.807, 2.05) is 6.92 Å². The maximum absolute atomic E-state index is 10.2. The number of nitrogens with one attached hydrogen (secondary N) is 1. The summed E-state index contributed by atoms with van der Waals surface area (Å²) in [7, 11) is 0. The molecule has 0 spiro atoms. The van der Waals surface area contributed by atoms with E-state index < -0.39 is 6.09 Å². The van der Waals surface area contributed by atoms with Crippen molar-refractivity contribution in [2.75, 3.05) is 6.61 Å². The summed E-state index contributed by atoms with van der Waals surface area (Å²) in [6.07, 6.45) is 1.20. The number of imide groups is 1. The molecule has 0 aliphatic heterocycles. The Kier molecular flexibility index (Phi) is 4.49. The summed E-state index contributed by atoms with van der Waals surface area (Å²) in [5.41, 5.74) is 0. The van der Waals surface area contributed by atoms with Crippen LogP contribution >= 0.6 is 0 Å². The SMILES string of the molecule is CCCOC(=O)N[C]=O. The van der Waals surface area contributed by atoms with Gasteiger partial charge in [0.2, 0.25) is 0 Å². The van der Waals surface area contributed by atoms with Gasteiger partial charge in [0.05, 0.1) is 6.61 Å². The highest BCUT2D eigenvalue weighted by Gasteiger charge is 1.96. The standard InChI is InChI=1S/C5H8NO3/c1-2-3-9-5(8)6-4-7/h2-3H2,1H3,(H,6,7,8). The molecule has 9 heavy (non-hydrogen) atoms. The van der Waals surface area contributed by atoms with Crippen LogP contribution in [0, 0.1) is 0 Å². The molecule has 0 aliphatic carbocycles. The molecule has 0 saturated carbocycles. The Bertz CT molecular complexity index is 102. The summed E-state index contributed by atoms with van der Waals surface area (Å²) in [5, 5.41) is 1.71. The summed E-state index contributed by atoms with van der Waals surface area (Å²) in [4.78, 5) is 19.6. The lowest BCUT2D eigenvalue weighted by molar-refractivity contribution is 0.151. The zero-order valence-electron chi connectivity index (χ0n) is 5.14. The Labute approximate surface area is 53.2 Å². The molecule has 0 saturated heterocycles. The minimum absolute atomic E-state index is 0.327. The first-order chi connectivity index (χ1) is 4.31. The van der Waals surface area contributed by atoms with Crippen LogP contribution in [0.25, 0.3) is 0 Å². The van der Waals surface area contributed by atoms with Gasteiger partial charge in [-0.15, -0.1) is 0 Å². The van der Waals surface area contributed by atoms with Gasteiger partial charge in [0.15, 0.2) is 0 Å². The van der Waals surface area contributed by atoms with Crippen LogP contribution in [0.2, 0.25) is 0 Å². The number of carbonyl (C=O) groups is 1. The Balaban J connectivity index is 3.16. The summed E-state index contributed by atoms with van der Waals surface area (Å²) >= 11 is 0. The molecule has 51 valence electrons. The average Bonchev–Trinajstić information content (AvgIpc) is 1.85. The fraction of sp³-hybridized carbons (Fsp3) is 0.600. The quantitative estimate of drug-likeness (QED) is 0.555. The summed E-state index contributed by atoms with van der Waals surface area (Å²) in [6.45, 7) is 2.19. The van der Waals surface area contributed by atoms with Gasteiger partial charge >= 0.3 is 12.5 Å². The Hall–Kier alpha value is -1.06. The van der Waals surface area contributed by atoms with Gasteiger partial charge in [0.25, 0.3) is 0 Å². The monoisotopic (exact) mass is 130 g/mol. The largest absolute Gasteiger partial charge is 0.449 e. The number of rotatable bonds is 3. The maximum Gasteiger partial charge on any atom is 0.414 e. The van der Waals surface area contributed by atoms with Crippen LogP contribution in [0.4, 0.5) is 4.79 Å². The first-order valence-electron chi connectivity index (χ1n) is 2.61. The molecule has 2 amide bonds. The molecular formula is C5H8NO3. The van der Waals surface area contributed by atoms with Crippen LogP contribution in [0.5, 0.6) is 0 Å². The highest BCUT2D eigenvalue weighted by Crippen LogP contribution is 1.79. The van der Waals surface area contributed by atoms with Crippen LogP contribution in [0.15, 0.2) is 0 Å². The predicted octanol–water partition coefficient (Wildman–Crippen LogP) is 0.190. The van der Waals surface area contributed by atoms with E-state index in [2.05, 4.69) is 4.74 Å². The third kappa shape index (κ3) is 4.80. The molecule has 0 atom stereocenters. The molecule has 0 aromatic rings. The van der Waals surface area contributed by atoms with Gasteiger partial charge in [0.1, 0.15) is 0 Å². The molecular weight excluding hydrogens is 122 g/mol. The highest BCUT2D eigenvalue weighted by atomic mass is 16.5. The van der Waals surface area contributed by atoms with E-state index in [1.165, 1.54) is 6.41 Å². The zero-order valence-corrected chi connectivity index (χ0v) is 5.14. The molecule has 0 rings (SSSR count). The normalized spacial score (nSPS) is 8.11. The van der Waals surface area contributed by atoms with Gasteiger partial charge in [-0.25, -0.2) is 4.79 Å². The van der Waals surface area contributed by atoms with Gasteiger partial charge in [-0.2, -0.15) is 0 Å². The number of hydrogen-bond acceptors (Lipinski definition) is 3. The summed E-state index contributed by atoms with van der Waals surface area (Å²) in [6, 6.07) is 0. The lowest BCUT2D eigenvalue weighted by atomic mass is 10.5. The number of carbonyl (C=O) groups excluding carboxylic acids is 2. The van der Waals surface area contributed by atoms with Crippen molar-refractivity contribution in [1.82, 2.24) is 5.32 Å². The van der Waals surface area contributed by atoms with Crippen molar-refractivity contribution in [2.45, 2.75) is 13.3 Å². The van der Waals surface area contributed by atoms with Crippen molar-refractivity contribution in [3.63, 3.8) is 0 Å². The third-order valence-electron chi connectivity index (χ3n) is 0.590. The third-order valence-corrected chi connectivity index (χ3v) is 0.590. The summed E-state index contributed by atoms with van der Waals surface area (Å²) in [5.74, 6) is 0. The van der Waals surface area contributed by atoms with E-state index in [4.69, 9.17) is 0 Å². The van der Waals surface area contributed by atoms with Gasteiger partial charge < -0.3 is 4.74 Å². The Morgan fingerprint density at radius 3 is 2.89 bits per heavy atom. The van der Waals surface area contributed by atoms with Crippen LogP contribution in [-0.4, -0.2) is 19.1 Å². The average molecular weight is 130 g/mol. The van der Waals surface area contributed by atoms with E-state index in [1.54, 1.807) is 5.32 Å². The molecule has 0 bridgehead atoms. The minimum atomic E-state index is -0.744. The van der Waals surface area contributed by atoms with E-state index >= 15 is 0 Å². The second-order valence-electron chi connectivity index (χ2n) is 1.36.